The predicted octanol–water partition coefficient (Wildman–Crippen LogP) is 6.12. The molecule has 0 spiro atoms. The van der Waals surface area contributed by atoms with Crippen molar-refractivity contribution in [2.75, 3.05) is 6.54 Å². The van der Waals surface area contributed by atoms with Crippen molar-refractivity contribution < 1.29 is 22.7 Å². The van der Waals surface area contributed by atoms with E-state index in [-0.39, 0.29) is 6.04 Å². The summed E-state index contributed by atoms with van der Waals surface area (Å²) in [6.07, 6.45) is -0.558. The van der Waals surface area contributed by atoms with Crippen LogP contribution in [0.3, 0.4) is 0 Å². The Kier molecular flexibility index (Phi) is 7.24. The number of hydrogen-bond donors (Lipinski definition) is 0. The van der Waals surface area contributed by atoms with Crippen LogP contribution in [0.5, 0.6) is 0 Å². The molecule has 180 valence electrons. The summed E-state index contributed by atoms with van der Waals surface area (Å²) in [5.41, 5.74) is 1.33. The standard InChI is InChI=1S/C25H32F3N3O2/c1-6-8-19-22-20(14-11-17-9-12-18(13-10-17)25(26,27)28)30(23(32)33-24(3,4)5)15-16-31(22)21(7-2)29-19/h6,9-10,12-13,20H,1,7-8,11,14-16H2,2-5H3. The molecule has 1 amide bonds. The fourth-order valence-corrected chi connectivity index (χ4v) is 4.25. The van der Waals surface area contributed by atoms with Crippen molar-refractivity contribution in [1.29, 1.82) is 0 Å². The van der Waals surface area contributed by atoms with Crippen LogP contribution < -0.4 is 0 Å². The highest BCUT2D eigenvalue weighted by atomic mass is 19.4. The van der Waals surface area contributed by atoms with Gasteiger partial charge in [0, 0.05) is 25.9 Å². The molecule has 0 N–H and O–H groups in total. The molecular formula is C25H32F3N3O2. The molecule has 1 unspecified atom stereocenters. The number of benzene rings is 1. The van der Waals surface area contributed by atoms with Gasteiger partial charge in [-0.3, -0.25) is 4.90 Å². The molecule has 0 aliphatic carbocycles. The third kappa shape index (κ3) is 5.78. The largest absolute Gasteiger partial charge is 0.444 e. The summed E-state index contributed by atoms with van der Waals surface area (Å²) in [6, 6.07) is 4.92. The first-order chi connectivity index (χ1) is 15.4. The van der Waals surface area contributed by atoms with E-state index in [0.717, 1.165) is 41.3 Å². The second-order valence-electron chi connectivity index (χ2n) is 9.28. The van der Waals surface area contributed by atoms with Gasteiger partial charge in [0.1, 0.15) is 11.4 Å². The first-order valence-corrected chi connectivity index (χ1v) is 11.3. The average Bonchev–Trinajstić information content (AvgIpc) is 3.08. The van der Waals surface area contributed by atoms with Crippen molar-refractivity contribution in [2.24, 2.45) is 0 Å². The van der Waals surface area contributed by atoms with Gasteiger partial charge in [-0.2, -0.15) is 13.2 Å². The molecule has 0 saturated heterocycles. The van der Waals surface area contributed by atoms with Gasteiger partial charge in [0.2, 0.25) is 0 Å². The Morgan fingerprint density at radius 3 is 2.42 bits per heavy atom. The summed E-state index contributed by atoms with van der Waals surface area (Å²) >= 11 is 0. The van der Waals surface area contributed by atoms with E-state index < -0.39 is 23.4 Å². The average molecular weight is 464 g/mol. The number of ether oxygens (including phenoxy) is 1. The van der Waals surface area contributed by atoms with Gasteiger partial charge < -0.3 is 9.30 Å². The van der Waals surface area contributed by atoms with Crippen molar-refractivity contribution in [1.82, 2.24) is 14.5 Å². The zero-order valence-electron chi connectivity index (χ0n) is 19.7. The van der Waals surface area contributed by atoms with Crippen LogP contribution in [-0.2, 0) is 36.7 Å². The zero-order valence-corrected chi connectivity index (χ0v) is 19.7. The van der Waals surface area contributed by atoms with E-state index in [1.807, 2.05) is 27.7 Å². The lowest BCUT2D eigenvalue weighted by molar-refractivity contribution is -0.137. The molecular weight excluding hydrogens is 431 g/mol. The summed E-state index contributed by atoms with van der Waals surface area (Å²) in [5.74, 6) is 0.963. The van der Waals surface area contributed by atoms with Gasteiger partial charge in [-0.15, -0.1) is 6.58 Å². The molecule has 5 nitrogen and oxygen atoms in total. The number of rotatable bonds is 6. The van der Waals surface area contributed by atoms with Gasteiger partial charge in [-0.25, -0.2) is 9.78 Å². The van der Waals surface area contributed by atoms with Crippen molar-refractivity contribution in [3.8, 4) is 0 Å². The second kappa shape index (κ2) is 9.61. The minimum absolute atomic E-state index is 0.293. The van der Waals surface area contributed by atoms with E-state index in [2.05, 4.69) is 11.1 Å². The van der Waals surface area contributed by atoms with Crippen LogP contribution in [0.1, 0.15) is 68.5 Å². The Balaban J connectivity index is 1.93. The Labute approximate surface area is 193 Å². The van der Waals surface area contributed by atoms with Crippen LogP contribution in [0.4, 0.5) is 18.0 Å². The van der Waals surface area contributed by atoms with Crippen LogP contribution >= 0.6 is 0 Å². The van der Waals surface area contributed by atoms with Gasteiger partial charge in [0.25, 0.3) is 0 Å². The van der Waals surface area contributed by atoms with Gasteiger partial charge in [0.15, 0.2) is 0 Å². The van der Waals surface area contributed by atoms with Crippen molar-refractivity contribution in [3.05, 3.63) is 65.3 Å². The smallest absolute Gasteiger partial charge is 0.416 e. The molecule has 1 aliphatic heterocycles. The van der Waals surface area contributed by atoms with Gasteiger partial charge in [-0.1, -0.05) is 25.1 Å². The molecule has 1 aromatic heterocycles. The SMILES string of the molecule is C=CCc1nc(CC)n2c1C(CCc1ccc(C(F)(F)F)cc1)N(C(=O)OC(C)(C)C)CC2. The highest BCUT2D eigenvalue weighted by molar-refractivity contribution is 5.69. The lowest BCUT2D eigenvalue weighted by Gasteiger charge is -2.38. The summed E-state index contributed by atoms with van der Waals surface area (Å²) in [5, 5.41) is 0. The third-order valence-corrected chi connectivity index (χ3v) is 5.69. The molecule has 2 heterocycles. The summed E-state index contributed by atoms with van der Waals surface area (Å²) in [4.78, 5) is 19.6. The van der Waals surface area contributed by atoms with Gasteiger partial charge in [0.05, 0.1) is 23.0 Å². The third-order valence-electron chi connectivity index (χ3n) is 5.69. The molecule has 0 radical (unpaired) electrons. The number of imidazole rings is 1. The van der Waals surface area contributed by atoms with Crippen molar-refractivity contribution in [2.45, 2.75) is 77.7 Å². The molecule has 3 rings (SSSR count). The van der Waals surface area contributed by atoms with E-state index in [4.69, 9.17) is 9.72 Å². The van der Waals surface area contributed by atoms with E-state index in [9.17, 15) is 18.0 Å². The van der Waals surface area contributed by atoms with E-state index in [0.29, 0.717) is 32.4 Å². The number of fused-ring (bicyclic) bond motifs is 1. The zero-order chi connectivity index (χ0) is 24.4. The number of nitrogens with zero attached hydrogens (tertiary/aromatic N) is 3. The Morgan fingerprint density at radius 2 is 1.88 bits per heavy atom. The molecule has 0 saturated carbocycles. The Morgan fingerprint density at radius 1 is 1.21 bits per heavy atom. The summed E-state index contributed by atoms with van der Waals surface area (Å²) < 4.78 is 46.6. The van der Waals surface area contributed by atoms with Gasteiger partial charge in [-0.05, 0) is 51.3 Å². The molecule has 0 bridgehead atoms. The second-order valence-corrected chi connectivity index (χ2v) is 9.28. The van der Waals surface area contributed by atoms with E-state index in [1.165, 1.54) is 12.1 Å². The van der Waals surface area contributed by atoms with Gasteiger partial charge >= 0.3 is 12.3 Å². The highest BCUT2D eigenvalue weighted by Crippen LogP contribution is 2.35. The van der Waals surface area contributed by atoms with Crippen LogP contribution in [0.15, 0.2) is 36.9 Å². The molecule has 8 heteroatoms. The number of carbonyl (C=O) groups is 1. The first-order valence-electron chi connectivity index (χ1n) is 11.3. The number of alkyl halides is 3. The Hall–Kier alpha value is -2.77. The molecule has 1 aliphatic rings. The lowest BCUT2D eigenvalue weighted by Crippen LogP contribution is -2.45. The fourth-order valence-electron chi connectivity index (χ4n) is 4.25. The monoisotopic (exact) mass is 463 g/mol. The quantitative estimate of drug-likeness (QED) is 0.485. The molecule has 1 atom stereocenters. The maximum absolute atomic E-state index is 13.1. The minimum Gasteiger partial charge on any atom is -0.444 e. The predicted molar refractivity (Wildman–Crippen MR) is 121 cm³/mol. The maximum Gasteiger partial charge on any atom is 0.416 e. The molecule has 2 aromatic rings. The maximum atomic E-state index is 13.1. The fraction of sp³-hybridized carbons (Fsp3) is 0.520. The van der Waals surface area contributed by atoms with E-state index >= 15 is 0 Å². The minimum atomic E-state index is -4.36. The lowest BCUT2D eigenvalue weighted by atomic mass is 9.97. The highest BCUT2D eigenvalue weighted by Gasteiger charge is 2.37. The molecule has 1 aromatic carbocycles. The number of halogens is 3. The number of hydrogen-bond acceptors (Lipinski definition) is 3. The topological polar surface area (TPSA) is 47.4 Å². The number of aryl methyl sites for hydroxylation is 2. The van der Waals surface area contributed by atoms with Crippen molar-refractivity contribution in [3.63, 3.8) is 0 Å². The van der Waals surface area contributed by atoms with Crippen LogP contribution in [-0.4, -0.2) is 32.7 Å². The van der Waals surface area contributed by atoms with Crippen molar-refractivity contribution >= 4 is 6.09 Å². The first kappa shape index (κ1) is 24.9. The number of aromatic nitrogens is 2. The van der Waals surface area contributed by atoms with Crippen LogP contribution in [0.2, 0.25) is 0 Å². The van der Waals surface area contributed by atoms with Crippen LogP contribution in [0.25, 0.3) is 0 Å². The molecule has 0 fully saturated rings. The number of amides is 1. The summed E-state index contributed by atoms with van der Waals surface area (Å²) in [7, 11) is 0. The summed E-state index contributed by atoms with van der Waals surface area (Å²) in [6.45, 7) is 12.5. The normalized spacial score (nSPS) is 16.5. The molecule has 33 heavy (non-hydrogen) atoms. The number of allylic oxidation sites excluding steroid dienone is 1. The number of carbonyl (C=O) groups excluding carboxylic acids is 1. The van der Waals surface area contributed by atoms with Crippen LogP contribution in [0, 0.1) is 0 Å². The Bertz CT molecular complexity index is 988. The van der Waals surface area contributed by atoms with E-state index in [1.54, 1.807) is 11.0 Å².